The molecule has 28 heavy (non-hydrogen) atoms. The summed E-state index contributed by atoms with van der Waals surface area (Å²) in [6, 6.07) is 13.1. The zero-order valence-electron chi connectivity index (χ0n) is 15.3. The van der Waals surface area contributed by atoms with Crippen molar-refractivity contribution in [2.24, 2.45) is 0 Å². The highest BCUT2D eigenvalue weighted by molar-refractivity contribution is 6.36. The first kappa shape index (κ1) is 18.1. The molecule has 2 N–H and O–H groups in total. The number of rotatable bonds is 5. The van der Waals surface area contributed by atoms with Crippen LogP contribution in [0.15, 0.2) is 64.2 Å². The van der Waals surface area contributed by atoms with E-state index >= 15 is 0 Å². The van der Waals surface area contributed by atoms with E-state index < -0.39 is 0 Å². The molecule has 4 rings (SSSR count). The molecule has 0 saturated heterocycles. The number of fused-ring (bicyclic) bond motifs is 1. The molecular weight excluding hydrogens is 378 g/mol. The molecule has 6 nitrogen and oxygen atoms in total. The smallest absolute Gasteiger partial charge is 0.253 e. The lowest BCUT2D eigenvalue weighted by Gasteiger charge is -2.16. The van der Waals surface area contributed by atoms with E-state index in [4.69, 9.17) is 20.9 Å². The summed E-state index contributed by atoms with van der Waals surface area (Å²) in [6.45, 7) is 1.94. The van der Waals surface area contributed by atoms with Crippen LogP contribution in [0, 0.1) is 0 Å². The summed E-state index contributed by atoms with van der Waals surface area (Å²) in [4.78, 5) is 15.5. The molecule has 0 fully saturated rings. The van der Waals surface area contributed by atoms with Crippen molar-refractivity contribution in [2.45, 2.75) is 13.0 Å². The van der Waals surface area contributed by atoms with E-state index in [0.717, 1.165) is 22.2 Å². The Morgan fingerprint density at radius 3 is 2.82 bits per heavy atom. The Bertz CT molecular complexity index is 1190. The molecule has 4 aromatic rings. The number of nitrogens with one attached hydrogen (secondary N) is 2. The van der Waals surface area contributed by atoms with Crippen molar-refractivity contribution in [3.63, 3.8) is 0 Å². The molecule has 0 saturated carbocycles. The summed E-state index contributed by atoms with van der Waals surface area (Å²) in [6.07, 6.45) is 3.25. The minimum absolute atomic E-state index is 0.196. The van der Waals surface area contributed by atoms with Gasteiger partial charge in [-0.3, -0.25) is 4.79 Å². The number of hydrogen-bond donors (Lipinski definition) is 2. The third-order valence-electron chi connectivity index (χ3n) is 4.65. The lowest BCUT2D eigenvalue weighted by atomic mass is 10.1. The third-order valence-corrected chi connectivity index (χ3v) is 5.02. The van der Waals surface area contributed by atoms with E-state index in [1.807, 2.05) is 43.3 Å². The molecule has 2 heterocycles. The van der Waals surface area contributed by atoms with Gasteiger partial charge in [0, 0.05) is 22.2 Å². The van der Waals surface area contributed by atoms with Crippen LogP contribution in [0.5, 0.6) is 5.75 Å². The van der Waals surface area contributed by atoms with Crippen LogP contribution in [0.25, 0.3) is 22.0 Å². The lowest BCUT2D eigenvalue weighted by Crippen LogP contribution is -2.19. The Labute approximate surface area is 166 Å². The second-order valence-corrected chi connectivity index (χ2v) is 6.84. The minimum Gasteiger partial charge on any atom is -0.495 e. The summed E-state index contributed by atoms with van der Waals surface area (Å²) < 4.78 is 10.1. The number of halogens is 1. The summed E-state index contributed by atoms with van der Waals surface area (Å²) >= 11 is 6.32. The highest BCUT2D eigenvalue weighted by Crippen LogP contribution is 2.32. The van der Waals surface area contributed by atoms with Crippen LogP contribution in [0.4, 0.5) is 5.69 Å². The zero-order chi connectivity index (χ0) is 19.7. The van der Waals surface area contributed by atoms with Crippen LogP contribution in [0.3, 0.4) is 0 Å². The first-order valence-corrected chi connectivity index (χ1v) is 9.10. The van der Waals surface area contributed by atoms with Gasteiger partial charge in [-0.1, -0.05) is 28.9 Å². The summed E-state index contributed by atoms with van der Waals surface area (Å²) in [5.41, 5.74) is 3.74. The molecule has 142 valence electrons. The monoisotopic (exact) mass is 395 g/mol. The number of ether oxygens (including phenoxy) is 1. The van der Waals surface area contributed by atoms with Crippen LogP contribution >= 0.6 is 11.6 Å². The van der Waals surface area contributed by atoms with Gasteiger partial charge in [0.05, 0.1) is 24.9 Å². The molecule has 0 bridgehead atoms. The van der Waals surface area contributed by atoms with Gasteiger partial charge in [0.1, 0.15) is 17.0 Å². The van der Waals surface area contributed by atoms with Crippen LogP contribution in [-0.4, -0.2) is 17.3 Å². The average molecular weight is 396 g/mol. The van der Waals surface area contributed by atoms with Gasteiger partial charge in [-0.2, -0.15) is 0 Å². The largest absolute Gasteiger partial charge is 0.495 e. The Morgan fingerprint density at radius 1 is 1.21 bits per heavy atom. The first-order chi connectivity index (χ1) is 13.6. The van der Waals surface area contributed by atoms with E-state index in [9.17, 15) is 4.79 Å². The maximum Gasteiger partial charge on any atom is 0.253 e. The van der Waals surface area contributed by atoms with Gasteiger partial charge in [0.2, 0.25) is 0 Å². The second-order valence-electron chi connectivity index (χ2n) is 6.46. The van der Waals surface area contributed by atoms with Gasteiger partial charge >= 0.3 is 0 Å². The molecule has 1 atom stereocenters. The van der Waals surface area contributed by atoms with Crippen LogP contribution in [-0.2, 0) is 0 Å². The van der Waals surface area contributed by atoms with Gasteiger partial charge in [0.25, 0.3) is 5.56 Å². The van der Waals surface area contributed by atoms with E-state index in [0.29, 0.717) is 21.9 Å². The molecule has 0 unspecified atom stereocenters. The van der Waals surface area contributed by atoms with E-state index in [1.165, 1.54) is 0 Å². The molecule has 0 aliphatic rings. The van der Waals surface area contributed by atoms with E-state index in [1.54, 1.807) is 25.6 Å². The fraction of sp³-hybridized carbons (Fsp3) is 0.143. The predicted molar refractivity (Wildman–Crippen MR) is 110 cm³/mol. The Morgan fingerprint density at radius 2 is 2.07 bits per heavy atom. The van der Waals surface area contributed by atoms with Gasteiger partial charge < -0.3 is 19.6 Å². The number of methoxy groups -OCH3 is 1. The summed E-state index contributed by atoms with van der Waals surface area (Å²) in [5, 5.41) is 8.34. The number of aromatic amines is 1. The molecule has 0 amide bonds. The Hall–Kier alpha value is -3.25. The molecule has 7 heteroatoms. The second kappa shape index (κ2) is 7.40. The van der Waals surface area contributed by atoms with Gasteiger partial charge in [-0.05, 0) is 42.8 Å². The molecule has 2 aromatic carbocycles. The minimum atomic E-state index is -0.216. The van der Waals surface area contributed by atoms with Crippen molar-refractivity contribution < 1.29 is 9.26 Å². The molecule has 0 radical (unpaired) electrons. The van der Waals surface area contributed by atoms with Crippen molar-refractivity contribution in [2.75, 3.05) is 12.4 Å². The van der Waals surface area contributed by atoms with Crippen LogP contribution < -0.4 is 15.6 Å². The molecule has 2 aromatic heterocycles. The number of H-pyrrole nitrogens is 1. The number of anilines is 1. The first-order valence-electron chi connectivity index (χ1n) is 8.72. The molecule has 0 aliphatic carbocycles. The van der Waals surface area contributed by atoms with E-state index in [-0.39, 0.29) is 11.6 Å². The number of hydrogen-bond acceptors (Lipinski definition) is 5. The fourth-order valence-corrected chi connectivity index (χ4v) is 3.48. The Kier molecular flexibility index (Phi) is 4.79. The number of benzene rings is 2. The maximum atomic E-state index is 12.7. The SMILES string of the molecule is COc1ccc2cc([C@H](C)Nc3cccc(-c4cnoc4)c3)c(=O)[nH]c2c1Cl. The van der Waals surface area contributed by atoms with Crippen LogP contribution in [0.2, 0.25) is 5.02 Å². The lowest BCUT2D eigenvalue weighted by molar-refractivity contribution is 0.415. The third kappa shape index (κ3) is 3.34. The fourth-order valence-electron chi connectivity index (χ4n) is 3.18. The number of nitrogens with zero attached hydrogens (tertiary/aromatic N) is 1. The van der Waals surface area contributed by atoms with Crippen molar-refractivity contribution in [3.8, 4) is 16.9 Å². The van der Waals surface area contributed by atoms with Crippen LogP contribution in [0.1, 0.15) is 18.5 Å². The van der Waals surface area contributed by atoms with Crippen molar-refractivity contribution in [1.82, 2.24) is 10.1 Å². The average Bonchev–Trinajstić information content (AvgIpc) is 3.23. The van der Waals surface area contributed by atoms with E-state index in [2.05, 4.69) is 15.5 Å². The zero-order valence-corrected chi connectivity index (χ0v) is 16.1. The van der Waals surface area contributed by atoms with Gasteiger partial charge in [0.15, 0.2) is 0 Å². The summed E-state index contributed by atoms with van der Waals surface area (Å²) in [5.74, 6) is 0.522. The van der Waals surface area contributed by atoms with Gasteiger partial charge in [-0.15, -0.1) is 0 Å². The highest BCUT2D eigenvalue weighted by atomic mass is 35.5. The Balaban J connectivity index is 1.66. The highest BCUT2D eigenvalue weighted by Gasteiger charge is 2.14. The van der Waals surface area contributed by atoms with Gasteiger partial charge in [-0.25, -0.2) is 0 Å². The van der Waals surface area contributed by atoms with Crippen molar-refractivity contribution in [1.29, 1.82) is 0 Å². The maximum absolute atomic E-state index is 12.7. The number of aromatic nitrogens is 2. The standard InChI is InChI=1S/C21H18ClN3O3/c1-12(24-16-5-3-4-13(8-16)15-10-23-28-11-15)17-9-14-6-7-18(27-2)19(22)20(14)25-21(17)26/h3-12,24H,1-2H3,(H,25,26)/t12-/m0/s1. The van der Waals surface area contributed by atoms with Crippen molar-refractivity contribution >= 4 is 28.2 Å². The molecule has 0 spiro atoms. The quantitative estimate of drug-likeness (QED) is 0.496. The molecule has 0 aliphatic heterocycles. The number of pyridine rings is 1. The normalized spacial score (nSPS) is 12.1. The topological polar surface area (TPSA) is 80.2 Å². The predicted octanol–water partition coefficient (Wildman–Crippen LogP) is 5.02. The molecular formula is C21H18ClN3O3. The van der Waals surface area contributed by atoms with Crippen molar-refractivity contribution in [3.05, 3.63) is 75.9 Å². The summed E-state index contributed by atoms with van der Waals surface area (Å²) in [7, 11) is 1.54.